The lowest BCUT2D eigenvalue weighted by Crippen LogP contribution is -2.38. The fourth-order valence-corrected chi connectivity index (χ4v) is 2.88. The Morgan fingerprint density at radius 3 is 2.50 bits per heavy atom. The summed E-state index contributed by atoms with van der Waals surface area (Å²) in [7, 11) is -3.69. The first-order valence-corrected chi connectivity index (χ1v) is 7.02. The number of carbonyl (C=O) groups is 2. The molecule has 1 saturated heterocycles. The number of imide groups is 1. The zero-order valence-electron chi connectivity index (χ0n) is 9.50. The summed E-state index contributed by atoms with van der Waals surface area (Å²) >= 11 is 0. The highest BCUT2D eigenvalue weighted by molar-refractivity contribution is 7.92. The number of amides is 3. The number of nitrogens with zero attached hydrogens (tertiary/aromatic N) is 1. The minimum atomic E-state index is -3.69. The molecule has 0 aromatic heterocycles. The third-order valence-electron chi connectivity index (χ3n) is 2.57. The Morgan fingerprint density at radius 1 is 1.28 bits per heavy atom. The van der Waals surface area contributed by atoms with Gasteiger partial charge < -0.3 is 5.32 Å². The van der Waals surface area contributed by atoms with Gasteiger partial charge in [-0.3, -0.25) is 9.69 Å². The normalized spacial score (nSPS) is 15.6. The molecule has 0 saturated carbocycles. The fraction of sp³-hybridized carbons (Fsp3) is 0.273. The van der Waals surface area contributed by atoms with E-state index < -0.39 is 27.5 Å². The third kappa shape index (κ3) is 2.51. The van der Waals surface area contributed by atoms with Crippen molar-refractivity contribution in [2.75, 3.05) is 18.8 Å². The molecule has 2 rings (SSSR count). The van der Waals surface area contributed by atoms with E-state index in [1.807, 2.05) is 0 Å². The molecular formula is C11H12N2O4S. The van der Waals surface area contributed by atoms with Crippen molar-refractivity contribution in [2.24, 2.45) is 0 Å². The zero-order chi connectivity index (χ0) is 13.2. The van der Waals surface area contributed by atoms with Crippen LogP contribution in [-0.2, 0) is 14.6 Å². The molecule has 3 amide bonds. The van der Waals surface area contributed by atoms with Gasteiger partial charge >= 0.3 is 6.03 Å². The van der Waals surface area contributed by atoms with Crippen LogP contribution in [0.3, 0.4) is 0 Å². The summed E-state index contributed by atoms with van der Waals surface area (Å²) < 4.78 is 23.9. The summed E-state index contributed by atoms with van der Waals surface area (Å²) in [6, 6.07) is 7.16. The molecule has 0 bridgehead atoms. The second-order valence-electron chi connectivity index (χ2n) is 3.85. The first-order chi connectivity index (χ1) is 8.50. The van der Waals surface area contributed by atoms with Crippen molar-refractivity contribution in [3.8, 4) is 0 Å². The summed E-state index contributed by atoms with van der Waals surface area (Å²) in [5.41, 5.74) is 0. The molecule has 96 valence electrons. The molecule has 0 radical (unpaired) electrons. The molecular weight excluding hydrogens is 256 g/mol. The average Bonchev–Trinajstić information content (AvgIpc) is 2.76. The largest absolute Gasteiger partial charge is 0.336 e. The van der Waals surface area contributed by atoms with Crippen molar-refractivity contribution < 1.29 is 18.0 Å². The minimum Gasteiger partial charge on any atom is -0.336 e. The Kier molecular flexibility index (Phi) is 3.33. The Bertz CT molecular complexity index is 568. The van der Waals surface area contributed by atoms with Gasteiger partial charge in [0.15, 0.2) is 9.84 Å². The summed E-state index contributed by atoms with van der Waals surface area (Å²) in [6.45, 7) is 0.567. The highest BCUT2D eigenvalue weighted by Gasteiger charge is 2.30. The standard InChI is InChI=1S/C11H12N2O4S/c14-10(13-7-6-12-11(13)15)8-18(16,17)9-4-2-1-3-5-9/h1-5H,6-8H2,(H,12,15). The van der Waals surface area contributed by atoms with Gasteiger partial charge in [-0.25, -0.2) is 13.2 Å². The number of hydrogen-bond donors (Lipinski definition) is 1. The maximum absolute atomic E-state index is 11.9. The SMILES string of the molecule is O=C(CS(=O)(=O)c1ccccc1)N1CCNC1=O. The smallest absolute Gasteiger partial charge is 0.324 e. The summed E-state index contributed by atoms with van der Waals surface area (Å²) in [6.07, 6.45) is 0. The van der Waals surface area contributed by atoms with Gasteiger partial charge in [0.2, 0.25) is 5.91 Å². The van der Waals surface area contributed by atoms with E-state index >= 15 is 0 Å². The van der Waals surface area contributed by atoms with Crippen LogP contribution in [0, 0.1) is 0 Å². The average molecular weight is 268 g/mol. The monoisotopic (exact) mass is 268 g/mol. The predicted molar refractivity (Wildman–Crippen MR) is 63.6 cm³/mol. The van der Waals surface area contributed by atoms with Gasteiger partial charge in [-0.2, -0.15) is 0 Å². The van der Waals surface area contributed by atoms with Crippen LogP contribution >= 0.6 is 0 Å². The van der Waals surface area contributed by atoms with Gasteiger partial charge in [-0.05, 0) is 12.1 Å². The Balaban J connectivity index is 2.14. The second kappa shape index (κ2) is 4.77. The summed E-state index contributed by atoms with van der Waals surface area (Å²) in [5.74, 6) is -1.39. The van der Waals surface area contributed by atoms with E-state index in [4.69, 9.17) is 0 Å². The molecule has 0 unspecified atom stereocenters. The predicted octanol–water partition coefficient (Wildman–Crippen LogP) is 0.0121. The topological polar surface area (TPSA) is 83.6 Å². The first-order valence-electron chi connectivity index (χ1n) is 5.37. The molecule has 1 aromatic rings. The molecule has 0 spiro atoms. The van der Waals surface area contributed by atoms with Crippen LogP contribution in [0.2, 0.25) is 0 Å². The molecule has 18 heavy (non-hydrogen) atoms. The van der Waals surface area contributed by atoms with Crippen molar-refractivity contribution in [1.82, 2.24) is 10.2 Å². The molecule has 1 fully saturated rings. The molecule has 1 aliphatic rings. The van der Waals surface area contributed by atoms with E-state index in [-0.39, 0.29) is 11.4 Å². The number of benzene rings is 1. The van der Waals surface area contributed by atoms with E-state index in [2.05, 4.69) is 5.32 Å². The number of rotatable bonds is 3. The van der Waals surface area contributed by atoms with E-state index in [0.29, 0.717) is 6.54 Å². The number of urea groups is 1. The lowest BCUT2D eigenvalue weighted by atomic mass is 10.4. The van der Waals surface area contributed by atoms with Gasteiger partial charge in [0.05, 0.1) is 4.90 Å². The van der Waals surface area contributed by atoms with E-state index in [1.54, 1.807) is 18.2 Å². The minimum absolute atomic E-state index is 0.0814. The molecule has 1 heterocycles. The van der Waals surface area contributed by atoms with Gasteiger partial charge in [0, 0.05) is 13.1 Å². The van der Waals surface area contributed by atoms with Crippen LogP contribution in [0.1, 0.15) is 0 Å². The Hall–Kier alpha value is -1.89. The van der Waals surface area contributed by atoms with E-state index in [0.717, 1.165) is 4.90 Å². The first kappa shape index (κ1) is 12.6. The van der Waals surface area contributed by atoms with E-state index in [9.17, 15) is 18.0 Å². The van der Waals surface area contributed by atoms with Crippen molar-refractivity contribution in [3.63, 3.8) is 0 Å². The Labute approximate surface area is 105 Å². The molecule has 1 aliphatic heterocycles. The van der Waals surface area contributed by atoms with Crippen LogP contribution in [0.15, 0.2) is 35.2 Å². The molecule has 7 heteroatoms. The van der Waals surface area contributed by atoms with Gasteiger partial charge in [-0.15, -0.1) is 0 Å². The highest BCUT2D eigenvalue weighted by atomic mass is 32.2. The van der Waals surface area contributed by atoms with Gasteiger partial charge in [0.1, 0.15) is 5.75 Å². The van der Waals surface area contributed by atoms with E-state index in [1.165, 1.54) is 12.1 Å². The number of hydrogen-bond acceptors (Lipinski definition) is 4. The number of sulfone groups is 1. The van der Waals surface area contributed by atoms with Crippen molar-refractivity contribution in [1.29, 1.82) is 0 Å². The van der Waals surface area contributed by atoms with Crippen molar-refractivity contribution in [2.45, 2.75) is 4.90 Å². The van der Waals surface area contributed by atoms with Crippen LogP contribution < -0.4 is 5.32 Å². The molecule has 1 N–H and O–H groups in total. The van der Waals surface area contributed by atoms with Crippen LogP contribution in [0.4, 0.5) is 4.79 Å². The quantitative estimate of drug-likeness (QED) is 0.837. The lowest BCUT2D eigenvalue weighted by molar-refractivity contribution is -0.124. The maximum Gasteiger partial charge on any atom is 0.324 e. The van der Waals surface area contributed by atoms with Crippen LogP contribution in [0.5, 0.6) is 0 Å². The van der Waals surface area contributed by atoms with Crippen molar-refractivity contribution >= 4 is 21.8 Å². The van der Waals surface area contributed by atoms with Crippen molar-refractivity contribution in [3.05, 3.63) is 30.3 Å². The Morgan fingerprint density at radius 2 is 1.94 bits per heavy atom. The maximum atomic E-state index is 11.9. The molecule has 0 aliphatic carbocycles. The van der Waals surface area contributed by atoms with Crippen LogP contribution in [-0.4, -0.2) is 44.1 Å². The third-order valence-corrected chi connectivity index (χ3v) is 4.19. The van der Waals surface area contributed by atoms with Gasteiger partial charge in [-0.1, -0.05) is 18.2 Å². The lowest BCUT2D eigenvalue weighted by Gasteiger charge is -2.12. The fourth-order valence-electron chi connectivity index (χ4n) is 1.66. The second-order valence-corrected chi connectivity index (χ2v) is 5.84. The van der Waals surface area contributed by atoms with Gasteiger partial charge in [0.25, 0.3) is 0 Å². The molecule has 1 aromatic carbocycles. The zero-order valence-corrected chi connectivity index (χ0v) is 10.3. The summed E-state index contributed by atoms with van der Waals surface area (Å²) in [4.78, 5) is 24.0. The molecule has 6 nitrogen and oxygen atoms in total. The molecule has 0 atom stereocenters. The highest BCUT2D eigenvalue weighted by Crippen LogP contribution is 2.11. The number of nitrogens with one attached hydrogen (secondary N) is 1. The van der Waals surface area contributed by atoms with Crippen LogP contribution in [0.25, 0.3) is 0 Å². The number of carbonyl (C=O) groups excluding carboxylic acids is 2. The summed E-state index contributed by atoms with van der Waals surface area (Å²) in [5, 5.41) is 2.45.